The zero-order valence-corrected chi connectivity index (χ0v) is 31.0. The molecule has 0 unspecified atom stereocenters. The largest absolute Gasteiger partial charge is 0.309 e. The van der Waals surface area contributed by atoms with Crippen LogP contribution in [0.2, 0.25) is 0 Å². The molecule has 0 bridgehead atoms. The summed E-state index contributed by atoms with van der Waals surface area (Å²) in [5, 5.41) is 0. The predicted molar refractivity (Wildman–Crippen MR) is 235 cm³/mol. The molecule has 0 spiro atoms. The Kier molecular flexibility index (Phi) is 8.46. The fourth-order valence-electron chi connectivity index (χ4n) is 8.89. The summed E-state index contributed by atoms with van der Waals surface area (Å²) < 4.78 is 0. The van der Waals surface area contributed by atoms with Gasteiger partial charge in [-0.1, -0.05) is 206 Å². The Balaban J connectivity index is 1.28. The lowest BCUT2D eigenvalue weighted by Crippen LogP contribution is -2.28. The van der Waals surface area contributed by atoms with E-state index in [0.717, 1.165) is 17.1 Å². The minimum atomic E-state index is -0.507. The second kappa shape index (κ2) is 14.2. The van der Waals surface area contributed by atoms with E-state index in [2.05, 4.69) is 241 Å². The molecule has 9 aromatic carbocycles. The second-order valence-corrected chi connectivity index (χ2v) is 14.4. The summed E-state index contributed by atoms with van der Waals surface area (Å²) in [6, 6.07) is 86.2. The third-order valence-electron chi connectivity index (χ3n) is 11.4. The van der Waals surface area contributed by atoms with Crippen LogP contribution >= 0.6 is 0 Å². The standard InChI is InChI=1S/C55H39N/c1-6-19-40(20-7-1)42-33-36-47(37-34-42)56(52-38-35-44(41-21-8-2-9-22-41)39-49(52)43-23-10-3-11-24-43)53-32-18-31-51-54(53)48-29-16-17-30-50(48)55(51,45-25-12-4-13-26-45)46-27-14-5-15-28-46/h1-39H. The number of rotatable bonds is 8. The molecule has 56 heavy (non-hydrogen) atoms. The fraction of sp³-hybridized carbons (Fsp3) is 0.0182. The molecule has 0 aromatic heterocycles. The summed E-state index contributed by atoms with van der Waals surface area (Å²) in [5.41, 5.74) is 17.5. The Bertz CT molecular complexity index is 2720. The highest BCUT2D eigenvalue weighted by atomic mass is 15.1. The fourth-order valence-corrected chi connectivity index (χ4v) is 8.89. The molecule has 0 amide bonds. The Hall–Kier alpha value is -7.22. The number of hydrogen-bond donors (Lipinski definition) is 0. The van der Waals surface area contributed by atoms with Crippen LogP contribution in [0.15, 0.2) is 237 Å². The van der Waals surface area contributed by atoms with E-state index in [1.165, 1.54) is 66.8 Å². The van der Waals surface area contributed by atoms with Crippen LogP contribution in [0.1, 0.15) is 22.3 Å². The molecule has 10 rings (SSSR count). The van der Waals surface area contributed by atoms with Gasteiger partial charge in [-0.2, -0.15) is 0 Å². The first-order valence-corrected chi connectivity index (χ1v) is 19.4. The first-order chi connectivity index (χ1) is 27.8. The molecule has 1 aliphatic carbocycles. The molecule has 0 atom stereocenters. The van der Waals surface area contributed by atoms with Gasteiger partial charge in [-0.15, -0.1) is 0 Å². The number of anilines is 3. The molecule has 1 aliphatic rings. The Morgan fingerprint density at radius 1 is 0.286 bits per heavy atom. The monoisotopic (exact) mass is 713 g/mol. The van der Waals surface area contributed by atoms with Crippen LogP contribution in [-0.2, 0) is 5.41 Å². The number of nitrogens with zero attached hydrogens (tertiary/aromatic N) is 1. The molecule has 0 radical (unpaired) electrons. The smallest absolute Gasteiger partial charge is 0.0714 e. The molecule has 0 saturated carbocycles. The van der Waals surface area contributed by atoms with Crippen LogP contribution in [0.4, 0.5) is 17.1 Å². The van der Waals surface area contributed by atoms with E-state index in [4.69, 9.17) is 0 Å². The summed E-state index contributed by atoms with van der Waals surface area (Å²) in [7, 11) is 0. The molecule has 0 heterocycles. The molecule has 1 nitrogen and oxygen atoms in total. The zero-order chi connectivity index (χ0) is 37.3. The van der Waals surface area contributed by atoms with E-state index in [-0.39, 0.29) is 0 Å². The Labute approximate surface area is 329 Å². The van der Waals surface area contributed by atoms with Gasteiger partial charge in [-0.05, 0) is 86.0 Å². The first kappa shape index (κ1) is 33.4. The van der Waals surface area contributed by atoms with E-state index in [0.29, 0.717) is 0 Å². The van der Waals surface area contributed by atoms with Crippen molar-refractivity contribution in [3.8, 4) is 44.5 Å². The van der Waals surface area contributed by atoms with Crippen LogP contribution in [0.5, 0.6) is 0 Å². The molecular formula is C55H39N. The SMILES string of the molecule is c1ccc(-c2ccc(N(c3ccc(-c4ccccc4)cc3-c3ccccc3)c3cccc4c3-c3ccccc3C4(c3ccccc3)c3ccccc3)cc2)cc1. The van der Waals surface area contributed by atoms with Crippen LogP contribution in [0.3, 0.4) is 0 Å². The average molecular weight is 714 g/mol. The minimum Gasteiger partial charge on any atom is -0.309 e. The van der Waals surface area contributed by atoms with Crippen LogP contribution in [0.25, 0.3) is 44.5 Å². The molecule has 9 aromatic rings. The third kappa shape index (κ3) is 5.56. The van der Waals surface area contributed by atoms with E-state index >= 15 is 0 Å². The first-order valence-electron chi connectivity index (χ1n) is 19.4. The quantitative estimate of drug-likeness (QED) is 0.152. The summed E-state index contributed by atoms with van der Waals surface area (Å²) in [6.07, 6.45) is 0. The van der Waals surface area contributed by atoms with Crippen molar-refractivity contribution in [2.24, 2.45) is 0 Å². The zero-order valence-electron chi connectivity index (χ0n) is 31.0. The Morgan fingerprint density at radius 2 is 0.750 bits per heavy atom. The number of hydrogen-bond acceptors (Lipinski definition) is 1. The van der Waals surface area contributed by atoms with Gasteiger partial charge in [0.1, 0.15) is 0 Å². The van der Waals surface area contributed by atoms with Gasteiger partial charge in [-0.3, -0.25) is 0 Å². The summed E-state index contributed by atoms with van der Waals surface area (Å²) in [6.45, 7) is 0. The van der Waals surface area contributed by atoms with Crippen molar-refractivity contribution in [1.82, 2.24) is 0 Å². The topological polar surface area (TPSA) is 3.24 Å². The van der Waals surface area contributed by atoms with Gasteiger partial charge in [0.25, 0.3) is 0 Å². The molecule has 0 aliphatic heterocycles. The van der Waals surface area contributed by atoms with Gasteiger partial charge in [0.2, 0.25) is 0 Å². The van der Waals surface area contributed by atoms with Gasteiger partial charge in [-0.25, -0.2) is 0 Å². The summed E-state index contributed by atoms with van der Waals surface area (Å²) in [5.74, 6) is 0. The van der Waals surface area contributed by atoms with Crippen molar-refractivity contribution >= 4 is 17.1 Å². The highest BCUT2D eigenvalue weighted by Crippen LogP contribution is 2.60. The molecule has 264 valence electrons. The van der Waals surface area contributed by atoms with E-state index < -0.39 is 5.41 Å². The molecule has 0 saturated heterocycles. The molecular weight excluding hydrogens is 675 g/mol. The van der Waals surface area contributed by atoms with E-state index in [1.807, 2.05) is 0 Å². The van der Waals surface area contributed by atoms with Crippen molar-refractivity contribution < 1.29 is 0 Å². The Morgan fingerprint density at radius 3 is 1.36 bits per heavy atom. The minimum absolute atomic E-state index is 0.507. The lowest BCUT2D eigenvalue weighted by atomic mass is 9.68. The molecule has 1 heteroatoms. The maximum atomic E-state index is 2.49. The van der Waals surface area contributed by atoms with Gasteiger partial charge in [0.05, 0.1) is 16.8 Å². The van der Waals surface area contributed by atoms with Crippen LogP contribution in [-0.4, -0.2) is 0 Å². The van der Waals surface area contributed by atoms with Gasteiger partial charge >= 0.3 is 0 Å². The van der Waals surface area contributed by atoms with Crippen molar-refractivity contribution in [1.29, 1.82) is 0 Å². The van der Waals surface area contributed by atoms with Crippen LogP contribution < -0.4 is 4.90 Å². The van der Waals surface area contributed by atoms with Crippen LogP contribution in [0, 0.1) is 0 Å². The van der Waals surface area contributed by atoms with Crippen molar-refractivity contribution in [2.75, 3.05) is 4.90 Å². The van der Waals surface area contributed by atoms with E-state index in [9.17, 15) is 0 Å². The van der Waals surface area contributed by atoms with Crippen molar-refractivity contribution in [2.45, 2.75) is 5.41 Å². The normalized spacial score (nSPS) is 12.4. The lowest BCUT2D eigenvalue weighted by Gasteiger charge is -2.34. The van der Waals surface area contributed by atoms with Gasteiger partial charge < -0.3 is 4.90 Å². The maximum absolute atomic E-state index is 2.49. The van der Waals surface area contributed by atoms with Crippen molar-refractivity contribution in [3.63, 3.8) is 0 Å². The van der Waals surface area contributed by atoms with Crippen molar-refractivity contribution in [3.05, 3.63) is 259 Å². The second-order valence-electron chi connectivity index (χ2n) is 14.4. The van der Waals surface area contributed by atoms with Gasteiger partial charge in [0, 0.05) is 16.8 Å². The summed E-state index contributed by atoms with van der Waals surface area (Å²) >= 11 is 0. The third-order valence-corrected chi connectivity index (χ3v) is 11.4. The highest BCUT2D eigenvalue weighted by molar-refractivity contribution is 6.00. The number of fused-ring (bicyclic) bond motifs is 3. The molecule has 0 fully saturated rings. The van der Waals surface area contributed by atoms with E-state index in [1.54, 1.807) is 0 Å². The van der Waals surface area contributed by atoms with Gasteiger partial charge in [0.15, 0.2) is 0 Å². The predicted octanol–water partition coefficient (Wildman–Crippen LogP) is 14.5. The number of benzene rings is 9. The highest BCUT2D eigenvalue weighted by Gasteiger charge is 2.47. The maximum Gasteiger partial charge on any atom is 0.0714 e. The summed E-state index contributed by atoms with van der Waals surface area (Å²) in [4.78, 5) is 2.49. The lowest BCUT2D eigenvalue weighted by molar-refractivity contribution is 0.768. The average Bonchev–Trinajstić information content (AvgIpc) is 3.60. The molecule has 0 N–H and O–H groups in total.